The second-order valence-corrected chi connectivity index (χ2v) is 14.1. The zero-order valence-electron chi connectivity index (χ0n) is 32.8. The Balaban J connectivity index is 1.07. The maximum Gasteiger partial charge on any atom is 0.343 e. The third-order valence-electron chi connectivity index (χ3n) is 9.04. The van der Waals surface area contributed by atoms with Crippen LogP contribution in [0, 0.1) is 0 Å². The molecule has 0 aromatic heterocycles. The zero-order valence-corrected chi connectivity index (χ0v) is 33.6. The van der Waals surface area contributed by atoms with E-state index in [-0.39, 0.29) is 16.5 Å². The van der Waals surface area contributed by atoms with Gasteiger partial charge in [0.05, 0.1) is 40.7 Å². The van der Waals surface area contributed by atoms with Crippen LogP contribution >= 0.6 is 11.6 Å². The summed E-state index contributed by atoms with van der Waals surface area (Å²) in [7, 11) is 0. The number of aliphatic imine (C=N–C) groups is 2. The largest absolute Gasteiger partial charge is 0.494 e. The molecule has 0 amide bonds. The number of carbonyl (C=O) groups excluding carboxylic acids is 2. The first-order valence-electron chi connectivity index (χ1n) is 19.9. The first-order chi connectivity index (χ1) is 27.9. The average molecular weight is 787 g/mol. The predicted octanol–water partition coefficient (Wildman–Crippen LogP) is 13.0. The third-order valence-corrected chi connectivity index (χ3v) is 9.35. The zero-order chi connectivity index (χ0) is 40.1. The lowest BCUT2D eigenvalue weighted by atomic mass is 10.1. The van der Waals surface area contributed by atoms with Crippen molar-refractivity contribution in [3.63, 3.8) is 0 Å². The van der Waals surface area contributed by atoms with Crippen LogP contribution in [0.5, 0.6) is 23.0 Å². The Hall–Kier alpha value is -5.73. The number of hydrogen-bond donors (Lipinski definition) is 0. The van der Waals surface area contributed by atoms with E-state index < -0.39 is 11.9 Å². The van der Waals surface area contributed by atoms with Crippen LogP contribution in [-0.4, -0.2) is 37.6 Å². The molecule has 0 unspecified atom stereocenters. The normalized spacial score (nSPS) is 11.2. The van der Waals surface area contributed by atoms with Gasteiger partial charge in [0, 0.05) is 18.5 Å². The molecule has 0 saturated carbocycles. The highest BCUT2D eigenvalue weighted by Gasteiger charge is 2.15. The molecule has 57 heavy (non-hydrogen) atoms. The van der Waals surface area contributed by atoms with Gasteiger partial charge in [-0.2, -0.15) is 0 Å². The van der Waals surface area contributed by atoms with Gasteiger partial charge >= 0.3 is 11.9 Å². The summed E-state index contributed by atoms with van der Waals surface area (Å²) in [6.45, 7) is 5.85. The van der Waals surface area contributed by atoms with E-state index in [2.05, 4.69) is 23.8 Å². The number of nitrogens with zero attached hydrogens (tertiary/aromatic N) is 2. The van der Waals surface area contributed by atoms with Crippen molar-refractivity contribution in [1.82, 2.24) is 0 Å². The summed E-state index contributed by atoms with van der Waals surface area (Å²) in [5.74, 6) is 0.715. The van der Waals surface area contributed by atoms with Gasteiger partial charge in [0.15, 0.2) is 5.75 Å². The van der Waals surface area contributed by atoms with Crippen molar-refractivity contribution < 1.29 is 28.5 Å². The van der Waals surface area contributed by atoms with Crippen LogP contribution in [0.3, 0.4) is 0 Å². The Morgan fingerprint density at radius 3 is 1.39 bits per heavy atom. The van der Waals surface area contributed by atoms with Crippen molar-refractivity contribution in [3.05, 3.63) is 143 Å². The summed E-state index contributed by atoms with van der Waals surface area (Å²) in [5, 5.41) is 0.193. The molecule has 0 bridgehead atoms. The van der Waals surface area contributed by atoms with Crippen LogP contribution in [0.25, 0.3) is 0 Å². The van der Waals surface area contributed by atoms with Gasteiger partial charge < -0.3 is 18.9 Å². The smallest absolute Gasteiger partial charge is 0.343 e. The van der Waals surface area contributed by atoms with Crippen LogP contribution < -0.4 is 18.9 Å². The molecule has 5 aromatic rings. The molecule has 0 aliphatic rings. The lowest BCUT2D eigenvalue weighted by Gasteiger charge is -2.10. The highest BCUT2D eigenvalue weighted by molar-refractivity contribution is 6.32. The number of unbranched alkanes of at least 4 members (excludes halogenated alkanes) is 8. The maximum absolute atomic E-state index is 13.0. The molecule has 0 heterocycles. The Bertz CT molecular complexity index is 2040. The second kappa shape index (κ2) is 23.4. The van der Waals surface area contributed by atoms with Crippen LogP contribution in [0.4, 0.5) is 11.4 Å². The minimum Gasteiger partial charge on any atom is -0.494 e. The van der Waals surface area contributed by atoms with E-state index in [1.54, 1.807) is 61.0 Å². The average Bonchev–Trinajstić information content (AvgIpc) is 3.24. The Morgan fingerprint density at radius 2 is 0.930 bits per heavy atom. The molecule has 296 valence electrons. The molecular formula is C48H51ClN2O6. The Labute approximate surface area is 341 Å². The van der Waals surface area contributed by atoms with E-state index in [9.17, 15) is 9.59 Å². The fraction of sp³-hybridized carbons (Fsp3) is 0.292. The fourth-order valence-corrected chi connectivity index (χ4v) is 5.86. The molecule has 5 aromatic carbocycles. The summed E-state index contributed by atoms with van der Waals surface area (Å²) < 4.78 is 22.8. The molecule has 0 saturated heterocycles. The third kappa shape index (κ3) is 14.7. The highest BCUT2D eigenvalue weighted by atomic mass is 35.5. The summed E-state index contributed by atoms with van der Waals surface area (Å²) in [5.41, 5.74) is 3.87. The predicted molar refractivity (Wildman–Crippen MR) is 230 cm³/mol. The summed E-state index contributed by atoms with van der Waals surface area (Å²) in [6.07, 6.45) is 15.4. The van der Waals surface area contributed by atoms with Gasteiger partial charge in [-0.25, -0.2) is 9.59 Å². The lowest BCUT2D eigenvalue weighted by Crippen LogP contribution is -2.10. The minimum absolute atomic E-state index is 0.0649. The quantitative estimate of drug-likeness (QED) is 0.0300. The summed E-state index contributed by atoms with van der Waals surface area (Å²) >= 11 is 6.34. The molecule has 8 nitrogen and oxygen atoms in total. The van der Waals surface area contributed by atoms with E-state index in [1.807, 2.05) is 48.5 Å². The van der Waals surface area contributed by atoms with Crippen LogP contribution in [0.1, 0.15) is 110 Å². The van der Waals surface area contributed by atoms with E-state index in [0.29, 0.717) is 24.3 Å². The molecule has 0 atom stereocenters. The standard InChI is InChI=1S/C48H51ClN2O6/c1-3-5-7-9-11-31-54-42-25-21-40(22-26-42)50-34-36-13-17-38(18-14-36)47(52)56-44-29-30-45(49)46(33-44)57-48(53)39-19-15-37(16-20-39)35-51-41-23-27-43(28-24-41)55-32-12-10-8-6-4-2/h13-30,33-35H,3-12,31-32H2,1-2H3. The van der Waals surface area contributed by atoms with Crippen molar-refractivity contribution in [3.8, 4) is 23.0 Å². The molecule has 9 heteroatoms. The van der Waals surface area contributed by atoms with Crippen LogP contribution in [0.15, 0.2) is 125 Å². The SMILES string of the molecule is CCCCCCCOc1ccc(N=Cc2ccc(C(=O)Oc3ccc(Cl)c(OC(=O)c4ccc(C=Nc5ccc(OCCCCCCC)cc5)cc4)c3)cc2)cc1. The van der Waals surface area contributed by atoms with Crippen molar-refractivity contribution >= 4 is 47.3 Å². The summed E-state index contributed by atoms with van der Waals surface area (Å²) in [6, 6.07) is 33.5. The first kappa shape index (κ1) is 42.4. The number of carbonyl (C=O) groups is 2. The number of rotatable bonds is 22. The number of hydrogen-bond acceptors (Lipinski definition) is 8. The van der Waals surface area contributed by atoms with Crippen LogP contribution in [0.2, 0.25) is 5.02 Å². The van der Waals surface area contributed by atoms with Gasteiger partial charge in [-0.15, -0.1) is 0 Å². The minimum atomic E-state index is -0.612. The van der Waals surface area contributed by atoms with Gasteiger partial charge in [-0.1, -0.05) is 101 Å². The van der Waals surface area contributed by atoms with Gasteiger partial charge in [-0.05, 0) is 109 Å². The molecule has 0 radical (unpaired) electrons. The number of ether oxygens (including phenoxy) is 4. The monoisotopic (exact) mass is 786 g/mol. The van der Waals surface area contributed by atoms with Gasteiger partial charge in [-0.3, -0.25) is 9.98 Å². The highest BCUT2D eigenvalue weighted by Crippen LogP contribution is 2.30. The van der Waals surface area contributed by atoms with Crippen molar-refractivity contribution in [1.29, 1.82) is 0 Å². The molecule has 5 rings (SSSR count). The van der Waals surface area contributed by atoms with E-state index in [1.165, 1.54) is 69.6 Å². The van der Waals surface area contributed by atoms with Gasteiger partial charge in [0.1, 0.15) is 17.2 Å². The van der Waals surface area contributed by atoms with E-state index in [0.717, 1.165) is 46.8 Å². The van der Waals surface area contributed by atoms with Crippen molar-refractivity contribution in [2.45, 2.75) is 78.1 Å². The molecule has 0 aliphatic heterocycles. The van der Waals surface area contributed by atoms with E-state index in [4.69, 9.17) is 30.5 Å². The van der Waals surface area contributed by atoms with Crippen molar-refractivity contribution in [2.24, 2.45) is 9.98 Å². The first-order valence-corrected chi connectivity index (χ1v) is 20.3. The van der Waals surface area contributed by atoms with E-state index >= 15 is 0 Å². The fourth-order valence-electron chi connectivity index (χ4n) is 5.71. The number of benzene rings is 5. The molecule has 0 N–H and O–H groups in total. The summed E-state index contributed by atoms with van der Waals surface area (Å²) in [4.78, 5) is 35.0. The van der Waals surface area contributed by atoms with Gasteiger partial charge in [0.25, 0.3) is 0 Å². The van der Waals surface area contributed by atoms with Crippen LogP contribution in [-0.2, 0) is 0 Å². The Kier molecular flexibility index (Phi) is 17.4. The maximum atomic E-state index is 13.0. The molecule has 0 fully saturated rings. The van der Waals surface area contributed by atoms with Gasteiger partial charge in [0.2, 0.25) is 0 Å². The molecule has 0 aliphatic carbocycles. The molecular weight excluding hydrogens is 736 g/mol. The molecule has 0 spiro atoms. The lowest BCUT2D eigenvalue weighted by molar-refractivity contribution is 0.0733. The second-order valence-electron chi connectivity index (χ2n) is 13.6. The Morgan fingerprint density at radius 1 is 0.509 bits per heavy atom. The number of esters is 2. The van der Waals surface area contributed by atoms with Crippen molar-refractivity contribution in [2.75, 3.05) is 13.2 Å². The number of halogens is 1. The topological polar surface area (TPSA) is 95.8 Å².